The van der Waals surface area contributed by atoms with E-state index in [1.165, 1.54) is 12.1 Å². The van der Waals surface area contributed by atoms with Crippen molar-refractivity contribution in [2.24, 2.45) is 0 Å². The molecule has 0 saturated carbocycles. The number of hydrogen-bond acceptors (Lipinski definition) is 2. The van der Waals surface area contributed by atoms with Crippen LogP contribution in [-0.4, -0.2) is 25.7 Å². The highest BCUT2D eigenvalue weighted by molar-refractivity contribution is 6.42. The minimum Gasteiger partial charge on any atom is -0.381 e. The molecule has 0 spiro atoms. The lowest BCUT2D eigenvalue weighted by Crippen LogP contribution is -2.45. The van der Waals surface area contributed by atoms with Gasteiger partial charge < -0.3 is 10.1 Å². The molecular weight excluding hydrogens is 426 g/mol. The summed E-state index contributed by atoms with van der Waals surface area (Å²) in [6.45, 7) is 1.09. The Morgan fingerprint density at radius 3 is 2.45 bits per heavy atom. The van der Waals surface area contributed by atoms with Crippen LogP contribution in [0.4, 0.5) is 13.2 Å². The molecule has 8 heteroatoms. The summed E-state index contributed by atoms with van der Waals surface area (Å²) < 4.78 is 44.9. The van der Waals surface area contributed by atoms with Crippen LogP contribution in [-0.2, 0) is 27.5 Å². The van der Waals surface area contributed by atoms with Crippen molar-refractivity contribution < 1.29 is 22.7 Å². The number of halogens is 5. The number of hydrogen-bond donors (Lipinski definition) is 1. The summed E-state index contributed by atoms with van der Waals surface area (Å²) in [4.78, 5) is 12.5. The van der Waals surface area contributed by atoms with Crippen molar-refractivity contribution in [3.63, 3.8) is 0 Å². The summed E-state index contributed by atoms with van der Waals surface area (Å²) in [7, 11) is 0. The number of amides is 1. The maximum Gasteiger partial charge on any atom is 0.416 e. The molecule has 0 unspecified atom stereocenters. The number of rotatable bonds is 5. The van der Waals surface area contributed by atoms with E-state index in [0.29, 0.717) is 47.2 Å². The molecule has 0 radical (unpaired) electrons. The van der Waals surface area contributed by atoms with E-state index in [9.17, 15) is 18.0 Å². The fourth-order valence-corrected chi connectivity index (χ4v) is 3.84. The van der Waals surface area contributed by atoms with Crippen LogP contribution in [0.2, 0.25) is 10.0 Å². The zero-order valence-corrected chi connectivity index (χ0v) is 17.0. The first-order chi connectivity index (χ1) is 13.7. The molecule has 1 aliphatic heterocycles. The van der Waals surface area contributed by atoms with Gasteiger partial charge in [0, 0.05) is 25.2 Å². The first kappa shape index (κ1) is 21.9. The normalized spacial score (nSPS) is 16.4. The quantitative estimate of drug-likeness (QED) is 0.667. The number of carbonyl (C=O) groups excluding carboxylic acids is 1. The Balaban J connectivity index is 1.75. The van der Waals surface area contributed by atoms with E-state index in [1.807, 2.05) is 0 Å². The van der Waals surface area contributed by atoms with Gasteiger partial charge in [0.1, 0.15) is 0 Å². The molecule has 0 atom stereocenters. The highest BCUT2D eigenvalue weighted by Gasteiger charge is 2.37. The maximum absolute atomic E-state index is 13.2. The Morgan fingerprint density at radius 1 is 1.07 bits per heavy atom. The van der Waals surface area contributed by atoms with Crippen molar-refractivity contribution in [1.29, 1.82) is 0 Å². The highest BCUT2D eigenvalue weighted by Crippen LogP contribution is 2.37. The molecule has 3 nitrogen and oxygen atoms in total. The summed E-state index contributed by atoms with van der Waals surface area (Å²) in [5.74, 6) is -0.235. The minimum absolute atomic E-state index is 0.103. The molecule has 1 aliphatic rings. The zero-order chi connectivity index (χ0) is 21.1. The Bertz CT molecular complexity index is 880. The third-order valence-electron chi connectivity index (χ3n) is 5.22. The third kappa shape index (κ3) is 5.44. The van der Waals surface area contributed by atoms with Crippen LogP contribution in [0.25, 0.3) is 0 Å². The van der Waals surface area contributed by atoms with Gasteiger partial charge in [-0.05, 0) is 42.2 Å². The molecule has 0 aromatic heterocycles. The van der Waals surface area contributed by atoms with E-state index >= 15 is 0 Å². The number of carbonyl (C=O) groups is 1. The van der Waals surface area contributed by atoms with Crippen molar-refractivity contribution in [2.45, 2.75) is 30.9 Å². The van der Waals surface area contributed by atoms with Crippen molar-refractivity contribution in [1.82, 2.24) is 5.32 Å². The first-order valence-corrected chi connectivity index (χ1v) is 9.91. The van der Waals surface area contributed by atoms with Crippen LogP contribution in [0.5, 0.6) is 0 Å². The average molecular weight is 446 g/mol. The van der Waals surface area contributed by atoms with Crippen LogP contribution in [0, 0.1) is 0 Å². The molecule has 0 bridgehead atoms. The fraction of sp³-hybridized carbons (Fsp3) is 0.381. The molecule has 156 valence electrons. The fourth-order valence-electron chi connectivity index (χ4n) is 3.52. The first-order valence-electron chi connectivity index (χ1n) is 9.16. The summed E-state index contributed by atoms with van der Waals surface area (Å²) in [6.07, 6.45) is -3.26. The minimum atomic E-state index is -4.42. The molecule has 2 aromatic rings. The van der Waals surface area contributed by atoms with E-state index < -0.39 is 17.2 Å². The van der Waals surface area contributed by atoms with E-state index in [4.69, 9.17) is 27.9 Å². The van der Waals surface area contributed by atoms with Gasteiger partial charge in [0.25, 0.3) is 0 Å². The molecule has 1 heterocycles. The van der Waals surface area contributed by atoms with Crippen molar-refractivity contribution in [2.75, 3.05) is 19.8 Å². The Morgan fingerprint density at radius 2 is 1.79 bits per heavy atom. The van der Waals surface area contributed by atoms with Gasteiger partial charge in [-0.1, -0.05) is 47.5 Å². The molecular formula is C21H20Cl2F3NO2. The van der Waals surface area contributed by atoms with E-state index in [1.54, 1.807) is 24.3 Å². The van der Waals surface area contributed by atoms with Gasteiger partial charge in [0.15, 0.2) is 0 Å². The molecule has 1 fully saturated rings. The van der Waals surface area contributed by atoms with Gasteiger partial charge in [0.05, 0.1) is 22.0 Å². The van der Waals surface area contributed by atoms with E-state index in [2.05, 4.69) is 5.32 Å². The highest BCUT2D eigenvalue weighted by atomic mass is 35.5. The van der Waals surface area contributed by atoms with Crippen molar-refractivity contribution in [3.05, 3.63) is 69.2 Å². The van der Waals surface area contributed by atoms with E-state index in [-0.39, 0.29) is 18.9 Å². The van der Waals surface area contributed by atoms with Crippen LogP contribution >= 0.6 is 23.2 Å². The summed E-state index contributed by atoms with van der Waals surface area (Å²) in [5, 5.41) is 3.65. The average Bonchev–Trinajstić information content (AvgIpc) is 2.69. The molecule has 2 aromatic carbocycles. The predicted octanol–water partition coefficient (Wildman–Crippen LogP) is 5.42. The standard InChI is InChI=1S/C21H20Cl2F3NO2/c22-17-5-4-14(10-18(17)23)11-19(28)27-13-20(6-8-29-9-7-20)15-2-1-3-16(12-15)21(24,25)26/h1-5,10,12H,6-9,11,13H2,(H,27,28). The summed E-state index contributed by atoms with van der Waals surface area (Å²) in [6, 6.07) is 10.3. The SMILES string of the molecule is O=C(Cc1ccc(Cl)c(Cl)c1)NCC1(c2cccc(C(F)(F)F)c2)CCOCC1. The second-order valence-electron chi connectivity index (χ2n) is 7.17. The Hall–Kier alpha value is -1.76. The topological polar surface area (TPSA) is 38.3 Å². The Kier molecular flexibility index (Phi) is 6.76. The lowest BCUT2D eigenvalue weighted by atomic mass is 9.73. The number of benzene rings is 2. The molecule has 1 saturated heterocycles. The lowest BCUT2D eigenvalue weighted by molar-refractivity contribution is -0.137. The third-order valence-corrected chi connectivity index (χ3v) is 5.96. The zero-order valence-electron chi connectivity index (χ0n) is 15.5. The van der Waals surface area contributed by atoms with Crippen LogP contribution < -0.4 is 5.32 Å². The second-order valence-corrected chi connectivity index (χ2v) is 7.99. The number of nitrogens with one attached hydrogen (secondary N) is 1. The van der Waals surface area contributed by atoms with E-state index in [0.717, 1.165) is 6.07 Å². The van der Waals surface area contributed by atoms with Gasteiger partial charge in [-0.15, -0.1) is 0 Å². The summed E-state index contributed by atoms with van der Waals surface area (Å²) in [5.41, 5.74) is -0.0299. The van der Waals surface area contributed by atoms with Crippen LogP contribution in [0.1, 0.15) is 29.5 Å². The van der Waals surface area contributed by atoms with Gasteiger partial charge in [-0.2, -0.15) is 13.2 Å². The number of ether oxygens (including phenoxy) is 1. The smallest absolute Gasteiger partial charge is 0.381 e. The van der Waals surface area contributed by atoms with Gasteiger partial charge >= 0.3 is 6.18 Å². The van der Waals surface area contributed by atoms with Gasteiger partial charge in [-0.25, -0.2) is 0 Å². The molecule has 1 N–H and O–H groups in total. The van der Waals surface area contributed by atoms with Gasteiger partial charge in [-0.3, -0.25) is 4.79 Å². The number of alkyl halides is 3. The summed E-state index contributed by atoms with van der Waals surface area (Å²) >= 11 is 11.9. The molecule has 29 heavy (non-hydrogen) atoms. The Labute approximate surface area is 177 Å². The van der Waals surface area contributed by atoms with Crippen molar-refractivity contribution >= 4 is 29.1 Å². The lowest BCUT2D eigenvalue weighted by Gasteiger charge is -2.38. The van der Waals surface area contributed by atoms with Crippen molar-refractivity contribution in [3.8, 4) is 0 Å². The predicted molar refractivity (Wildman–Crippen MR) is 106 cm³/mol. The molecule has 3 rings (SSSR count). The molecule has 0 aliphatic carbocycles. The monoisotopic (exact) mass is 445 g/mol. The molecule has 1 amide bonds. The largest absolute Gasteiger partial charge is 0.416 e. The second kappa shape index (κ2) is 8.94. The van der Waals surface area contributed by atoms with Crippen LogP contribution in [0.15, 0.2) is 42.5 Å². The maximum atomic E-state index is 13.2. The van der Waals surface area contributed by atoms with Gasteiger partial charge in [0.2, 0.25) is 5.91 Å². The van der Waals surface area contributed by atoms with Crippen LogP contribution in [0.3, 0.4) is 0 Å².